The minimum absolute atomic E-state index is 0.0233. The van der Waals surface area contributed by atoms with Crippen molar-refractivity contribution >= 4 is 17.3 Å². The van der Waals surface area contributed by atoms with Crippen LogP contribution in [0.5, 0.6) is 0 Å². The van der Waals surface area contributed by atoms with Crippen molar-refractivity contribution in [3.8, 4) is 0 Å². The molecule has 0 heterocycles. The van der Waals surface area contributed by atoms with Gasteiger partial charge in [-0.2, -0.15) is 0 Å². The molecule has 0 unspecified atom stereocenters. The fourth-order valence-electron chi connectivity index (χ4n) is 5.27. The second-order valence-electron chi connectivity index (χ2n) is 8.76. The zero-order valence-electron chi connectivity index (χ0n) is 15.2. The molecule has 0 aromatic heterocycles. The molecule has 0 spiro atoms. The Labute approximate surface area is 143 Å². The van der Waals surface area contributed by atoms with E-state index in [0.717, 1.165) is 19.3 Å². The topological polar surface area (TPSA) is 71.4 Å². The second-order valence-corrected chi connectivity index (χ2v) is 8.76. The highest BCUT2D eigenvalue weighted by atomic mass is 16.3. The molecule has 4 nitrogen and oxygen atoms in total. The van der Waals surface area contributed by atoms with Crippen molar-refractivity contribution in [2.75, 3.05) is 0 Å². The number of carbonyl (C=O) groups excluding carboxylic acids is 3. The fraction of sp³-hybridized carbons (Fsp3) is 0.650. The van der Waals surface area contributed by atoms with Gasteiger partial charge in [0, 0.05) is 23.0 Å². The summed E-state index contributed by atoms with van der Waals surface area (Å²) in [5.74, 6) is -1.90. The Morgan fingerprint density at radius 1 is 1.04 bits per heavy atom. The molecule has 0 aliphatic heterocycles. The summed E-state index contributed by atoms with van der Waals surface area (Å²) < 4.78 is 0. The van der Waals surface area contributed by atoms with Crippen molar-refractivity contribution in [3.63, 3.8) is 0 Å². The minimum atomic E-state index is -0.520. The zero-order chi connectivity index (χ0) is 18.0. The van der Waals surface area contributed by atoms with Gasteiger partial charge >= 0.3 is 0 Å². The van der Waals surface area contributed by atoms with Crippen LogP contribution in [-0.4, -0.2) is 22.5 Å². The third-order valence-electron chi connectivity index (χ3n) is 6.47. The van der Waals surface area contributed by atoms with Gasteiger partial charge in [-0.15, -0.1) is 0 Å². The van der Waals surface area contributed by atoms with Gasteiger partial charge in [0.1, 0.15) is 0 Å². The number of Topliss-reactive ketones (excluding diaryl/α,β-unsaturated/α-hetero) is 3. The summed E-state index contributed by atoms with van der Waals surface area (Å²) in [6, 6.07) is 0. The van der Waals surface area contributed by atoms with Crippen LogP contribution in [0.15, 0.2) is 22.5 Å². The Hall–Kier alpha value is -1.71. The first-order valence-electron chi connectivity index (χ1n) is 8.83. The van der Waals surface area contributed by atoms with E-state index >= 15 is 0 Å². The van der Waals surface area contributed by atoms with Crippen LogP contribution >= 0.6 is 0 Å². The Kier molecular flexibility index (Phi) is 3.67. The number of ketones is 3. The van der Waals surface area contributed by atoms with E-state index in [1.165, 1.54) is 0 Å². The van der Waals surface area contributed by atoms with Crippen molar-refractivity contribution in [3.05, 3.63) is 22.5 Å². The predicted octanol–water partition coefficient (Wildman–Crippen LogP) is 3.71. The highest BCUT2D eigenvalue weighted by Gasteiger charge is 2.57. The summed E-state index contributed by atoms with van der Waals surface area (Å²) in [5.41, 5.74) is -0.165. The minimum Gasteiger partial charge on any atom is -0.504 e. The van der Waals surface area contributed by atoms with Crippen molar-refractivity contribution in [2.24, 2.45) is 22.7 Å². The number of aliphatic hydroxyl groups is 1. The highest BCUT2D eigenvalue weighted by molar-refractivity contribution is 6.36. The van der Waals surface area contributed by atoms with E-state index in [1.807, 2.05) is 6.92 Å². The maximum Gasteiger partial charge on any atom is 0.225 e. The molecule has 1 N–H and O–H groups in total. The Bertz CT molecular complexity index is 720. The van der Waals surface area contributed by atoms with Gasteiger partial charge in [0.05, 0.1) is 5.57 Å². The molecule has 0 amide bonds. The largest absolute Gasteiger partial charge is 0.504 e. The number of allylic oxidation sites excluding steroid dienone is 3. The summed E-state index contributed by atoms with van der Waals surface area (Å²) in [7, 11) is 0. The van der Waals surface area contributed by atoms with E-state index in [4.69, 9.17) is 0 Å². The Morgan fingerprint density at radius 2 is 1.67 bits per heavy atom. The van der Waals surface area contributed by atoms with E-state index < -0.39 is 22.7 Å². The molecule has 1 fully saturated rings. The zero-order valence-corrected chi connectivity index (χ0v) is 15.2. The summed E-state index contributed by atoms with van der Waals surface area (Å²) in [4.78, 5) is 38.7. The first-order chi connectivity index (χ1) is 11.0. The molecule has 0 aromatic carbocycles. The van der Waals surface area contributed by atoms with Crippen molar-refractivity contribution in [1.82, 2.24) is 0 Å². The van der Waals surface area contributed by atoms with E-state index in [1.54, 1.807) is 13.8 Å². The molecule has 3 aliphatic carbocycles. The molecular formula is C20H26O4. The van der Waals surface area contributed by atoms with Crippen LogP contribution in [0.25, 0.3) is 0 Å². The standard InChI is InChI=1S/C20H26O4/c1-10(2)13-16(22)14-11(21)9-12-19(3,4)7-6-8-20(12,5)15(14)18(24)17(13)23/h10,12,23H,6-9H2,1-5H3/t12-,20-/m0/s1. The van der Waals surface area contributed by atoms with Crippen molar-refractivity contribution in [1.29, 1.82) is 0 Å². The van der Waals surface area contributed by atoms with Crippen molar-refractivity contribution < 1.29 is 19.5 Å². The summed E-state index contributed by atoms with van der Waals surface area (Å²) in [5, 5.41) is 10.4. The molecule has 3 aliphatic rings. The summed E-state index contributed by atoms with van der Waals surface area (Å²) in [6.07, 6.45) is 3.04. The van der Waals surface area contributed by atoms with Crippen LogP contribution in [-0.2, 0) is 14.4 Å². The van der Waals surface area contributed by atoms with Crippen LogP contribution < -0.4 is 0 Å². The normalized spacial score (nSPS) is 33.1. The lowest BCUT2D eigenvalue weighted by molar-refractivity contribution is -0.130. The SMILES string of the molecule is CC(C)C1=C(O)C(=O)C2=C(C(=O)C[C@H]3C(C)(C)CCC[C@]23C)C1=O. The van der Waals surface area contributed by atoms with E-state index in [9.17, 15) is 19.5 Å². The molecule has 3 rings (SSSR count). The second kappa shape index (κ2) is 5.14. The van der Waals surface area contributed by atoms with Gasteiger partial charge in [-0.25, -0.2) is 0 Å². The fourth-order valence-corrected chi connectivity index (χ4v) is 5.27. The lowest BCUT2D eigenvalue weighted by atomic mass is 9.48. The summed E-state index contributed by atoms with van der Waals surface area (Å²) >= 11 is 0. The predicted molar refractivity (Wildman–Crippen MR) is 90.4 cm³/mol. The van der Waals surface area contributed by atoms with Gasteiger partial charge < -0.3 is 5.11 Å². The third kappa shape index (κ3) is 2.08. The molecule has 0 saturated heterocycles. The van der Waals surface area contributed by atoms with E-state index in [0.29, 0.717) is 6.42 Å². The van der Waals surface area contributed by atoms with E-state index in [2.05, 4.69) is 13.8 Å². The number of fused-ring (bicyclic) bond motifs is 2. The maximum atomic E-state index is 13.0. The molecule has 1 saturated carbocycles. The highest BCUT2D eigenvalue weighted by Crippen LogP contribution is 2.60. The van der Waals surface area contributed by atoms with Gasteiger partial charge in [0.15, 0.2) is 17.3 Å². The first-order valence-corrected chi connectivity index (χ1v) is 8.83. The monoisotopic (exact) mass is 330 g/mol. The van der Waals surface area contributed by atoms with Crippen molar-refractivity contribution in [2.45, 2.75) is 60.3 Å². The van der Waals surface area contributed by atoms with Gasteiger partial charge in [-0.1, -0.05) is 41.0 Å². The molecule has 4 heteroatoms. The third-order valence-corrected chi connectivity index (χ3v) is 6.47. The molecule has 0 radical (unpaired) electrons. The molecular weight excluding hydrogens is 304 g/mol. The quantitative estimate of drug-likeness (QED) is 0.588. The molecule has 0 bridgehead atoms. The average Bonchev–Trinajstić information content (AvgIpc) is 2.45. The van der Waals surface area contributed by atoms with Gasteiger partial charge in [0.25, 0.3) is 0 Å². The van der Waals surface area contributed by atoms with Crippen LogP contribution in [0.2, 0.25) is 0 Å². The molecule has 130 valence electrons. The number of carbonyl (C=O) groups is 3. The number of aliphatic hydroxyl groups excluding tert-OH is 1. The molecule has 2 atom stereocenters. The smallest absolute Gasteiger partial charge is 0.225 e. The van der Waals surface area contributed by atoms with Gasteiger partial charge in [0.2, 0.25) is 5.78 Å². The average molecular weight is 330 g/mol. The van der Waals surface area contributed by atoms with Gasteiger partial charge in [-0.05, 0) is 30.1 Å². The van der Waals surface area contributed by atoms with Crippen LogP contribution in [0.4, 0.5) is 0 Å². The first kappa shape index (κ1) is 17.1. The Balaban J connectivity index is 2.24. The lowest BCUT2D eigenvalue weighted by Crippen LogP contribution is -2.51. The molecule has 0 aromatic rings. The Morgan fingerprint density at radius 3 is 2.25 bits per heavy atom. The van der Waals surface area contributed by atoms with Crippen LogP contribution in [0.1, 0.15) is 60.3 Å². The van der Waals surface area contributed by atoms with Gasteiger partial charge in [-0.3, -0.25) is 14.4 Å². The maximum absolute atomic E-state index is 13.0. The van der Waals surface area contributed by atoms with Crippen LogP contribution in [0.3, 0.4) is 0 Å². The number of hydrogen-bond donors (Lipinski definition) is 1. The number of hydrogen-bond acceptors (Lipinski definition) is 4. The van der Waals surface area contributed by atoms with E-state index in [-0.39, 0.29) is 39.8 Å². The lowest BCUT2D eigenvalue weighted by Gasteiger charge is -2.54. The molecule has 24 heavy (non-hydrogen) atoms. The summed E-state index contributed by atoms with van der Waals surface area (Å²) in [6.45, 7) is 9.78. The van der Waals surface area contributed by atoms with Crippen LogP contribution in [0, 0.1) is 22.7 Å². The number of rotatable bonds is 1.